The highest BCUT2D eigenvalue weighted by Gasteiger charge is 2.08. The standard InChI is InChI=1S/C12H18N2O3/c1-8(2)7-17-10-5-4-9(12(13)14-15)6-11(10)16-3/h4-6,8,15H,7H2,1-3H3,(H2,13,14). The van der Waals surface area contributed by atoms with Crippen LogP contribution in [0.4, 0.5) is 0 Å². The van der Waals surface area contributed by atoms with Crippen LogP contribution in [0.3, 0.4) is 0 Å². The summed E-state index contributed by atoms with van der Waals surface area (Å²) in [6, 6.07) is 5.13. The first kappa shape index (κ1) is 13.2. The number of methoxy groups -OCH3 is 1. The second-order valence-electron chi connectivity index (χ2n) is 4.06. The number of nitrogens with zero attached hydrogens (tertiary/aromatic N) is 1. The predicted octanol–water partition coefficient (Wildman–Crippen LogP) is 1.82. The molecule has 0 aromatic heterocycles. The molecule has 0 amide bonds. The molecule has 0 aliphatic heterocycles. The Hall–Kier alpha value is -1.91. The molecule has 1 aromatic rings. The summed E-state index contributed by atoms with van der Waals surface area (Å²) < 4.78 is 10.8. The van der Waals surface area contributed by atoms with Gasteiger partial charge < -0.3 is 20.4 Å². The van der Waals surface area contributed by atoms with Crippen LogP contribution < -0.4 is 15.2 Å². The van der Waals surface area contributed by atoms with Gasteiger partial charge in [0.2, 0.25) is 0 Å². The first-order valence-corrected chi connectivity index (χ1v) is 5.37. The summed E-state index contributed by atoms with van der Waals surface area (Å²) in [4.78, 5) is 0. The van der Waals surface area contributed by atoms with Crippen LogP contribution in [0.15, 0.2) is 23.4 Å². The molecule has 0 saturated carbocycles. The molecule has 0 unspecified atom stereocenters. The maximum atomic E-state index is 8.59. The van der Waals surface area contributed by atoms with Crippen molar-refractivity contribution in [2.24, 2.45) is 16.8 Å². The zero-order valence-electron chi connectivity index (χ0n) is 10.3. The molecule has 0 fully saturated rings. The van der Waals surface area contributed by atoms with Gasteiger partial charge in [-0.25, -0.2) is 0 Å². The van der Waals surface area contributed by atoms with Gasteiger partial charge >= 0.3 is 0 Å². The van der Waals surface area contributed by atoms with Crippen molar-refractivity contribution in [2.75, 3.05) is 13.7 Å². The highest BCUT2D eigenvalue weighted by Crippen LogP contribution is 2.28. The van der Waals surface area contributed by atoms with Crippen molar-refractivity contribution in [3.63, 3.8) is 0 Å². The molecule has 1 aromatic carbocycles. The Kier molecular flexibility index (Phi) is 4.63. The van der Waals surface area contributed by atoms with Crippen LogP contribution in [0.1, 0.15) is 19.4 Å². The molecule has 1 rings (SSSR count). The molecule has 0 radical (unpaired) electrons. The van der Waals surface area contributed by atoms with Crippen molar-refractivity contribution in [3.05, 3.63) is 23.8 Å². The number of benzene rings is 1. The highest BCUT2D eigenvalue weighted by molar-refractivity contribution is 5.97. The first-order valence-electron chi connectivity index (χ1n) is 5.37. The van der Waals surface area contributed by atoms with E-state index in [-0.39, 0.29) is 5.84 Å². The summed E-state index contributed by atoms with van der Waals surface area (Å²) in [5.41, 5.74) is 6.08. The largest absolute Gasteiger partial charge is 0.493 e. The van der Waals surface area contributed by atoms with Crippen molar-refractivity contribution in [3.8, 4) is 11.5 Å². The van der Waals surface area contributed by atoms with Gasteiger partial charge in [-0.1, -0.05) is 19.0 Å². The van der Waals surface area contributed by atoms with E-state index in [1.54, 1.807) is 25.3 Å². The van der Waals surface area contributed by atoms with Crippen LogP contribution in [0, 0.1) is 5.92 Å². The van der Waals surface area contributed by atoms with E-state index in [2.05, 4.69) is 19.0 Å². The normalized spacial score (nSPS) is 11.6. The Morgan fingerprint density at radius 3 is 2.65 bits per heavy atom. The predicted molar refractivity (Wildman–Crippen MR) is 65.8 cm³/mol. The van der Waals surface area contributed by atoms with Crippen LogP contribution in [0.25, 0.3) is 0 Å². The number of oxime groups is 1. The maximum Gasteiger partial charge on any atom is 0.170 e. The molecule has 0 atom stereocenters. The summed E-state index contributed by atoms with van der Waals surface area (Å²) >= 11 is 0. The second-order valence-corrected chi connectivity index (χ2v) is 4.06. The van der Waals surface area contributed by atoms with E-state index in [0.717, 1.165) is 0 Å². The quantitative estimate of drug-likeness (QED) is 0.355. The fraction of sp³-hybridized carbons (Fsp3) is 0.417. The molecule has 5 heteroatoms. The van der Waals surface area contributed by atoms with Crippen molar-refractivity contribution >= 4 is 5.84 Å². The molecule has 3 N–H and O–H groups in total. The van der Waals surface area contributed by atoms with Gasteiger partial charge in [0, 0.05) is 5.56 Å². The number of amidine groups is 1. The first-order chi connectivity index (χ1) is 8.08. The summed E-state index contributed by atoms with van der Waals surface area (Å²) in [6.45, 7) is 4.74. The number of hydrogen-bond acceptors (Lipinski definition) is 4. The van der Waals surface area contributed by atoms with Gasteiger partial charge in [-0.2, -0.15) is 0 Å². The Morgan fingerprint density at radius 1 is 1.41 bits per heavy atom. The zero-order chi connectivity index (χ0) is 12.8. The smallest absolute Gasteiger partial charge is 0.170 e. The van der Waals surface area contributed by atoms with E-state index >= 15 is 0 Å². The minimum atomic E-state index is 0.0405. The minimum Gasteiger partial charge on any atom is -0.493 e. The summed E-state index contributed by atoms with van der Waals surface area (Å²) in [7, 11) is 1.55. The van der Waals surface area contributed by atoms with Gasteiger partial charge in [0.15, 0.2) is 17.3 Å². The third kappa shape index (κ3) is 3.55. The Bertz CT molecular complexity index is 403. The van der Waals surface area contributed by atoms with Crippen LogP contribution in [0.5, 0.6) is 11.5 Å². The molecule has 0 heterocycles. The van der Waals surface area contributed by atoms with Gasteiger partial charge in [0.25, 0.3) is 0 Å². The van der Waals surface area contributed by atoms with Crippen LogP contribution in [-0.2, 0) is 0 Å². The van der Waals surface area contributed by atoms with Crippen molar-refractivity contribution in [1.82, 2.24) is 0 Å². The fourth-order valence-electron chi connectivity index (χ4n) is 1.26. The van der Waals surface area contributed by atoms with E-state index in [4.69, 9.17) is 20.4 Å². The molecule has 0 bridgehead atoms. The Balaban J connectivity index is 2.93. The van der Waals surface area contributed by atoms with Crippen molar-refractivity contribution in [1.29, 1.82) is 0 Å². The number of ether oxygens (including phenoxy) is 2. The monoisotopic (exact) mass is 238 g/mol. The van der Waals surface area contributed by atoms with E-state index < -0.39 is 0 Å². The van der Waals surface area contributed by atoms with Crippen LogP contribution in [-0.4, -0.2) is 24.8 Å². The van der Waals surface area contributed by atoms with E-state index in [9.17, 15) is 0 Å². The maximum absolute atomic E-state index is 8.59. The molecule has 0 aliphatic rings. The minimum absolute atomic E-state index is 0.0405. The Morgan fingerprint density at radius 2 is 2.12 bits per heavy atom. The summed E-state index contributed by atoms with van der Waals surface area (Å²) in [5.74, 6) is 1.69. The van der Waals surface area contributed by atoms with Gasteiger partial charge in [0.05, 0.1) is 13.7 Å². The molecule has 5 nitrogen and oxygen atoms in total. The molecular weight excluding hydrogens is 220 g/mol. The fourth-order valence-corrected chi connectivity index (χ4v) is 1.26. The number of hydrogen-bond donors (Lipinski definition) is 2. The van der Waals surface area contributed by atoms with Crippen molar-refractivity contribution < 1.29 is 14.7 Å². The Labute approximate surface area is 101 Å². The van der Waals surface area contributed by atoms with Gasteiger partial charge in [-0.05, 0) is 24.1 Å². The lowest BCUT2D eigenvalue weighted by molar-refractivity contribution is 0.257. The van der Waals surface area contributed by atoms with Crippen molar-refractivity contribution in [2.45, 2.75) is 13.8 Å². The molecule has 0 spiro atoms. The third-order valence-electron chi connectivity index (χ3n) is 2.14. The number of rotatable bonds is 5. The second kappa shape index (κ2) is 5.98. The van der Waals surface area contributed by atoms with Gasteiger partial charge in [-0.3, -0.25) is 0 Å². The van der Waals surface area contributed by atoms with Crippen LogP contribution in [0.2, 0.25) is 0 Å². The lowest BCUT2D eigenvalue weighted by Gasteiger charge is -2.13. The SMILES string of the molecule is COc1cc(/C(N)=N/O)ccc1OCC(C)C. The average Bonchev–Trinajstić information content (AvgIpc) is 2.34. The van der Waals surface area contributed by atoms with E-state index in [1.807, 2.05) is 0 Å². The van der Waals surface area contributed by atoms with E-state index in [0.29, 0.717) is 29.6 Å². The van der Waals surface area contributed by atoms with Crippen LogP contribution >= 0.6 is 0 Å². The molecular formula is C12H18N2O3. The molecule has 0 aliphatic carbocycles. The molecule has 0 saturated heterocycles. The highest BCUT2D eigenvalue weighted by atomic mass is 16.5. The summed E-state index contributed by atoms with van der Waals surface area (Å²) in [6.07, 6.45) is 0. The lowest BCUT2D eigenvalue weighted by Crippen LogP contribution is -2.13. The molecule has 17 heavy (non-hydrogen) atoms. The third-order valence-corrected chi connectivity index (χ3v) is 2.14. The number of nitrogens with two attached hydrogens (primary N) is 1. The summed E-state index contributed by atoms with van der Waals surface area (Å²) in [5, 5.41) is 11.5. The zero-order valence-corrected chi connectivity index (χ0v) is 10.3. The van der Waals surface area contributed by atoms with Gasteiger partial charge in [-0.15, -0.1) is 0 Å². The topological polar surface area (TPSA) is 77.1 Å². The molecule has 94 valence electrons. The van der Waals surface area contributed by atoms with Gasteiger partial charge in [0.1, 0.15) is 0 Å². The average molecular weight is 238 g/mol. The van der Waals surface area contributed by atoms with E-state index in [1.165, 1.54) is 0 Å². The lowest BCUT2D eigenvalue weighted by atomic mass is 10.2.